The Morgan fingerprint density at radius 2 is 2.08 bits per heavy atom. The Bertz CT molecular complexity index is 705. The first kappa shape index (κ1) is 19.1. The van der Waals surface area contributed by atoms with E-state index >= 15 is 0 Å². The summed E-state index contributed by atoms with van der Waals surface area (Å²) >= 11 is 0. The normalized spacial score (nSPS) is 24.6. The summed E-state index contributed by atoms with van der Waals surface area (Å²) in [5.41, 5.74) is 0.102. The molecule has 2 aliphatic heterocycles. The number of hydrogen-bond acceptors (Lipinski definition) is 9. The molecule has 0 spiro atoms. The lowest BCUT2D eigenvalue weighted by Gasteiger charge is -2.28. The highest BCUT2D eigenvalue weighted by molar-refractivity contribution is 7.80. The number of methoxy groups -OCH3 is 1. The number of Topliss-reactive ketones (excluding diaryl/α,β-unsaturated/α-hetero) is 1. The molecule has 0 aromatic heterocycles. The highest BCUT2D eigenvalue weighted by Crippen LogP contribution is 2.30. The Hall–Kier alpha value is -2.25. The Morgan fingerprint density at radius 3 is 2.64 bits per heavy atom. The number of amides is 2. The summed E-state index contributed by atoms with van der Waals surface area (Å²) in [5.74, 6) is -0.960. The van der Waals surface area contributed by atoms with E-state index in [1.54, 1.807) is 6.92 Å². The molecule has 2 heterocycles. The lowest BCUT2D eigenvalue weighted by molar-refractivity contribution is -0.145. The van der Waals surface area contributed by atoms with E-state index in [9.17, 15) is 22.8 Å². The molecule has 13 heteroatoms. The minimum Gasteiger partial charge on any atom is -0.467 e. The molecule has 12 nitrogen and oxygen atoms in total. The summed E-state index contributed by atoms with van der Waals surface area (Å²) in [5, 5.41) is 4.13. The fourth-order valence-electron chi connectivity index (χ4n) is 2.46. The topological polar surface area (TPSA) is 152 Å². The summed E-state index contributed by atoms with van der Waals surface area (Å²) in [6.45, 7) is 1.20. The first-order chi connectivity index (χ1) is 11.7. The number of ketones is 1. The van der Waals surface area contributed by atoms with Crippen molar-refractivity contribution in [2.24, 2.45) is 5.16 Å². The van der Waals surface area contributed by atoms with Crippen molar-refractivity contribution in [1.29, 1.82) is 0 Å². The summed E-state index contributed by atoms with van der Waals surface area (Å²) in [6.07, 6.45) is 0.137. The van der Waals surface area contributed by atoms with Gasteiger partial charge in [0.05, 0.1) is 19.4 Å². The molecule has 2 rings (SSSR count). The molecule has 140 valence electrons. The highest BCUT2D eigenvalue weighted by Gasteiger charge is 2.53. The van der Waals surface area contributed by atoms with Crippen LogP contribution < -0.4 is 0 Å². The number of hydrogen-bond donors (Lipinski definition) is 1. The number of oxime groups is 1. The van der Waals surface area contributed by atoms with E-state index in [1.165, 1.54) is 0 Å². The zero-order chi connectivity index (χ0) is 18.8. The Balaban J connectivity index is 2.28. The van der Waals surface area contributed by atoms with Crippen LogP contribution in [0.4, 0.5) is 4.79 Å². The van der Waals surface area contributed by atoms with Crippen molar-refractivity contribution in [2.45, 2.75) is 31.8 Å². The van der Waals surface area contributed by atoms with Gasteiger partial charge in [-0.05, 0) is 0 Å². The van der Waals surface area contributed by atoms with E-state index in [-0.39, 0.29) is 37.5 Å². The van der Waals surface area contributed by atoms with Crippen molar-refractivity contribution in [2.75, 3.05) is 20.3 Å². The number of esters is 1. The standard InChI is InChI=1S/C12H17N3O9S/c1-3-7(16)6-23-13-8-4-9(11(17)22-2)14-5-10(8)15(12(14)18)24-25(19,20)21/h9-10H,3-6H2,1-2H3,(H,19,20,21)/t9-,10-/m0/s1. The van der Waals surface area contributed by atoms with Crippen LogP contribution in [0.5, 0.6) is 0 Å². The Labute approximate surface area is 143 Å². The zero-order valence-corrected chi connectivity index (χ0v) is 14.3. The second kappa shape index (κ2) is 7.33. The van der Waals surface area contributed by atoms with Crippen molar-refractivity contribution in [3.63, 3.8) is 0 Å². The molecule has 0 aromatic rings. The molecule has 2 bridgehead atoms. The van der Waals surface area contributed by atoms with Crippen LogP contribution in [0.3, 0.4) is 0 Å². The van der Waals surface area contributed by atoms with Crippen molar-refractivity contribution in [3.8, 4) is 0 Å². The molecule has 0 aromatic carbocycles. The molecule has 2 atom stereocenters. The third kappa shape index (κ3) is 4.24. The number of carbonyl (C=O) groups excluding carboxylic acids is 3. The van der Waals surface area contributed by atoms with Gasteiger partial charge in [0, 0.05) is 12.8 Å². The van der Waals surface area contributed by atoms with Gasteiger partial charge in [0.25, 0.3) is 0 Å². The third-order valence-electron chi connectivity index (χ3n) is 3.70. The molecule has 2 saturated heterocycles. The number of fused-ring (bicyclic) bond motifs is 2. The molecule has 25 heavy (non-hydrogen) atoms. The van der Waals surface area contributed by atoms with Crippen molar-refractivity contribution >= 4 is 33.9 Å². The van der Waals surface area contributed by atoms with Crippen LogP contribution in [0.25, 0.3) is 0 Å². The number of urea groups is 1. The summed E-state index contributed by atoms with van der Waals surface area (Å²) in [7, 11) is -3.84. The molecule has 2 amide bonds. The Morgan fingerprint density at radius 1 is 1.40 bits per heavy atom. The number of rotatable bonds is 7. The first-order valence-electron chi connectivity index (χ1n) is 7.23. The zero-order valence-electron chi connectivity index (χ0n) is 13.4. The fourth-order valence-corrected chi connectivity index (χ4v) is 2.83. The molecular formula is C12H17N3O9S. The van der Waals surface area contributed by atoms with Gasteiger partial charge in [-0.25, -0.2) is 9.59 Å². The maximum absolute atomic E-state index is 12.3. The van der Waals surface area contributed by atoms with Gasteiger partial charge >= 0.3 is 22.4 Å². The molecular weight excluding hydrogens is 362 g/mol. The molecule has 0 aliphatic carbocycles. The number of carbonyl (C=O) groups is 3. The van der Waals surface area contributed by atoms with Gasteiger partial charge in [-0.2, -0.15) is 13.5 Å². The largest absolute Gasteiger partial charge is 0.467 e. The predicted octanol–water partition coefficient (Wildman–Crippen LogP) is -0.876. The Kier molecular flexibility index (Phi) is 5.59. The molecule has 1 N–H and O–H groups in total. The van der Waals surface area contributed by atoms with Crippen LogP contribution in [0.2, 0.25) is 0 Å². The van der Waals surface area contributed by atoms with Gasteiger partial charge < -0.3 is 14.5 Å². The van der Waals surface area contributed by atoms with Crippen LogP contribution in [0, 0.1) is 0 Å². The fraction of sp³-hybridized carbons (Fsp3) is 0.667. The van der Waals surface area contributed by atoms with Crippen molar-refractivity contribution in [1.82, 2.24) is 9.96 Å². The average molecular weight is 379 g/mol. The third-order valence-corrected chi connectivity index (χ3v) is 4.05. The number of nitrogens with zero attached hydrogens (tertiary/aromatic N) is 3. The van der Waals surface area contributed by atoms with Gasteiger partial charge in [0.1, 0.15) is 12.1 Å². The van der Waals surface area contributed by atoms with E-state index < -0.39 is 34.5 Å². The van der Waals surface area contributed by atoms with E-state index in [1.807, 2.05) is 0 Å². The first-order valence-corrected chi connectivity index (χ1v) is 8.59. The summed E-state index contributed by atoms with van der Waals surface area (Å²) < 4.78 is 39.6. The van der Waals surface area contributed by atoms with Crippen molar-refractivity contribution in [3.05, 3.63) is 0 Å². The van der Waals surface area contributed by atoms with Gasteiger partial charge in [-0.1, -0.05) is 12.1 Å². The molecule has 2 aliphatic rings. The monoisotopic (exact) mass is 379 g/mol. The number of piperidine rings is 1. The van der Waals surface area contributed by atoms with Crippen LogP contribution in [0.1, 0.15) is 19.8 Å². The van der Waals surface area contributed by atoms with Crippen LogP contribution >= 0.6 is 0 Å². The van der Waals surface area contributed by atoms with Crippen molar-refractivity contribution < 1.29 is 41.2 Å². The van der Waals surface area contributed by atoms with Crippen LogP contribution in [0.15, 0.2) is 5.16 Å². The van der Waals surface area contributed by atoms with Gasteiger partial charge in [0.2, 0.25) is 0 Å². The summed E-state index contributed by atoms with van der Waals surface area (Å²) in [4.78, 5) is 41.3. The molecule has 0 saturated carbocycles. The van der Waals surface area contributed by atoms with E-state index in [0.717, 1.165) is 12.0 Å². The lowest BCUT2D eigenvalue weighted by atomic mass is 9.99. The predicted molar refractivity (Wildman–Crippen MR) is 79.5 cm³/mol. The van der Waals surface area contributed by atoms with E-state index in [2.05, 4.69) is 14.2 Å². The smallest absolute Gasteiger partial charge is 0.418 e. The van der Waals surface area contributed by atoms with Crippen LogP contribution in [-0.2, 0) is 33.8 Å². The average Bonchev–Trinajstić information content (AvgIpc) is 2.81. The maximum atomic E-state index is 12.3. The minimum absolute atomic E-state index is 0.102. The number of ether oxygens (including phenoxy) is 1. The van der Waals surface area contributed by atoms with Crippen LogP contribution in [-0.4, -0.2) is 78.8 Å². The molecule has 0 radical (unpaired) electrons. The van der Waals surface area contributed by atoms with E-state index in [0.29, 0.717) is 5.06 Å². The van der Waals surface area contributed by atoms with E-state index in [4.69, 9.17) is 9.39 Å². The summed E-state index contributed by atoms with van der Waals surface area (Å²) in [6, 6.07) is -3.02. The maximum Gasteiger partial charge on any atom is 0.418 e. The second-order valence-corrected chi connectivity index (χ2v) is 6.27. The molecule has 0 unspecified atom stereocenters. The molecule has 2 fully saturated rings. The quantitative estimate of drug-likeness (QED) is 0.338. The lowest BCUT2D eigenvalue weighted by Crippen LogP contribution is -2.49. The SMILES string of the molecule is CCC(=O)CON=C1C[C@@H](C(=O)OC)N2C[C@@H]1N(OS(=O)(=O)O)C2=O. The number of hydroxylamine groups is 2. The highest BCUT2D eigenvalue weighted by atomic mass is 32.3. The van der Waals surface area contributed by atoms with Gasteiger partial charge in [-0.3, -0.25) is 9.35 Å². The minimum atomic E-state index is -4.97. The van der Waals surface area contributed by atoms with Gasteiger partial charge in [-0.15, -0.1) is 4.28 Å². The second-order valence-electron chi connectivity index (χ2n) is 5.27. The van der Waals surface area contributed by atoms with Gasteiger partial charge in [0.15, 0.2) is 12.4 Å².